The summed E-state index contributed by atoms with van der Waals surface area (Å²) in [5, 5.41) is 0.541. The van der Waals surface area contributed by atoms with Gasteiger partial charge in [0.1, 0.15) is 0 Å². The lowest BCUT2D eigenvalue weighted by atomic mass is 10.0. The van der Waals surface area contributed by atoms with Crippen LogP contribution in [-0.2, 0) is 4.79 Å². The molecule has 6 nitrogen and oxygen atoms in total. The van der Waals surface area contributed by atoms with Crippen molar-refractivity contribution in [3.63, 3.8) is 0 Å². The van der Waals surface area contributed by atoms with Crippen molar-refractivity contribution in [2.45, 2.75) is 25.3 Å². The highest BCUT2D eigenvalue weighted by Crippen LogP contribution is 2.41. The van der Waals surface area contributed by atoms with Gasteiger partial charge in [-0.2, -0.15) is 4.99 Å². The molecule has 1 aliphatic heterocycles. The number of carbonyl (C=O) groups excluding carboxylic acids is 2. The molecule has 2 aliphatic rings. The minimum absolute atomic E-state index is 0.0546. The molecule has 4 N–H and O–H groups in total. The molecule has 7 heteroatoms. The molecule has 116 valence electrons. The second-order valence-electron chi connectivity index (χ2n) is 5.78. The Hall–Kier alpha value is -2.08. The maximum Gasteiger partial charge on any atom is 0.254 e. The molecule has 0 bridgehead atoms. The van der Waals surface area contributed by atoms with Crippen molar-refractivity contribution in [2.24, 2.45) is 22.4 Å². The van der Waals surface area contributed by atoms with Gasteiger partial charge in [0.25, 0.3) is 11.8 Å². The average Bonchev–Trinajstić information content (AvgIpc) is 3.21. The third-order valence-corrected chi connectivity index (χ3v) is 4.25. The highest BCUT2D eigenvalue weighted by molar-refractivity contribution is 6.30. The number of fused-ring (bicyclic) bond motifs is 1. The van der Waals surface area contributed by atoms with Crippen molar-refractivity contribution >= 4 is 29.4 Å². The van der Waals surface area contributed by atoms with Crippen LogP contribution in [0.25, 0.3) is 0 Å². The van der Waals surface area contributed by atoms with Crippen LogP contribution in [-0.4, -0.2) is 29.2 Å². The third kappa shape index (κ3) is 2.92. The van der Waals surface area contributed by atoms with Crippen LogP contribution in [0.4, 0.5) is 0 Å². The van der Waals surface area contributed by atoms with E-state index in [4.69, 9.17) is 23.1 Å². The number of amides is 2. The van der Waals surface area contributed by atoms with Crippen molar-refractivity contribution in [2.75, 3.05) is 6.54 Å². The van der Waals surface area contributed by atoms with Crippen LogP contribution < -0.4 is 11.5 Å². The number of guanidine groups is 1. The number of carbonyl (C=O) groups is 2. The molecule has 1 aliphatic carbocycles. The molecule has 0 saturated heterocycles. The molecule has 1 atom stereocenters. The van der Waals surface area contributed by atoms with Gasteiger partial charge in [-0.05, 0) is 42.5 Å². The van der Waals surface area contributed by atoms with Crippen LogP contribution in [0.15, 0.2) is 23.2 Å². The molecule has 0 radical (unpaired) electrons. The predicted molar refractivity (Wildman–Crippen MR) is 83.4 cm³/mol. The zero-order valence-corrected chi connectivity index (χ0v) is 12.7. The molecular weight excluding hydrogens is 304 g/mol. The van der Waals surface area contributed by atoms with E-state index >= 15 is 0 Å². The van der Waals surface area contributed by atoms with E-state index in [0.29, 0.717) is 23.0 Å². The first-order valence-corrected chi connectivity index (χ1v) is 7.56. The van der Waals surface area contributed by atoms with Crippen molar-refractivity contribution in [3.8, 4) is 0 Å². The molecule has 1 fully saturated rings. The van der Waals surface area contributed by atoms with Gasteiger partial charge in [0.05, 0.1) is 12.5 Å². The Balaban J connectivity index is 1.91. The Bertz CT molecular complexity index is 666. The average molecular weight is 321 g/mol. The van der Waals surface area contributed by atoms with E-state index in [-0.39, 0.29) is 24.3 Å². The molecule has 1 aromatic rings. The van der Waals surface area contributed by atoms with Gasteiger partial charge in [0.15, 0.2) is 5.96 Å². The Kier molecular flexibility index (Phi) is 3.78. The fourth-order valence-corrected chi connectivity index (χ4v) is 3.01. The van der Waals surface area contributed by atoms with Crippen molar-refractivity contribution < 1.29 is 9.59 Å². The maximum absolute atomic E-state index is 12.6. The van der Waals surface area contributed by atoms with Crippen LogP contribution in [0.2, 0.25) is 5.02 Å². The van der Waals surface area contributed by atoms with Gasteiger partial charge in [-0.3, -0.25) is 9.59 Å². The van der Waals surface area contributed by atoms with E-state index in [1.54, 1.807) is 23.1 Å². The zero-order chi connectivity index (χ0) is 15.9. The number of nitrogens with two attached hydrogens (primary N) is 2. The minimum Gasteiger partial charge on any atom is -0.370 e. The number of halogens is 1. The zero-order valence-electron chi connectivity index (χ0n) is 12.0. The standard InChI is InChI=1S/C15H17ClN4O2/c16-9-3-4-10-11(5-9)12(6-13(21)19-15(17)18)20(14(10)22)7-8-1-2-8/h3-5,8,12H,1-2,6-7H2,(H4,17,18,19,21)/t12-/m1/s1. The second-order valence-corrected chi connectivity index (χ2v) is 6.22. The van der Waals surface area contributed by atoms with Gasteiger partial charge in [-0.25, -0.2) is 0 Å². The van der Waals surface area contributed by atoms with E-state index in [9.17, 15) is 9.59 Å². The Morgan fingerprint density at radius 3 is 2.73 bits per heavy atom. The summed E-state index contributed by atoms with van der Waals surface area (Å²) in [4.78, 5) is 29.8. The van der Waals surface area contributed by atoms with Gasteiger partial charge in [0.2, 0.25) is 0 Å². The number of nitrogens with zero attached hydrogens (tertiary/aromatic N) is 2. The van der Waals surface area contributed by atoms with Crippen LogP contribution in [0.1, 0.15) is 41.2 Å². The molecule has 1 saturated carbocycles. The number of rotatable bonds is 4. The highest BCUT2D eigenvalue weighted by Gasteiger charge is 2.40. The summed E-state index contributed by atoms with van der Waals surface area (Å²) < 4.78 is 0. The molecule has 2 amide bonds. The molecule has 22 heavy (non-hydrogen) atoms. The van der Waals surface area contributed by atoms with Crippen molar-refractivity contribution in [1.82, 2.24) is 4.90 Å². The molecule has 3 rings (SSSR count). The fraction of sp³-hybridized carbons (Fsp3) is 0.400. The van der Waals surface area contributed by atoms with Crippen LogP contribution in [0, 0.1) is 5.92 Å². The van der Waals surface area contributed by atoms with Crippen molar-refractivity contribution in [3.05, 3.63) is 34.3 Å². The third-order valence-electron chi connectivity index (χ3n) is 4.01. The minimum atomic E-state index is -0.438. The van der Waals surface area contributed by atoms with Crippen molar-refractivity contribution in [1.29, 1.82) is 0 Å². The molecular formula is C15H17ClN4O2. The van der Waals surface area contributed by atoms with E-state index < -0.39 is 5.91 Å². The summed E-state index contributed by atoms with van der Waals surface area (Å²) in [6.07, 6.45) is 2.30. The monoisotopic (exact) mass is 320 g/mol. The molecule has 1 aromatic carbocycles. The van der Waals surface area contributed by atoms with E-state index in [1.165, 1.54) is 0 Å². The maximum atomic E-state index is 12.6. The first kappa shape index (κ1) is 14.8. The van der Waals surface area contributed by atoms with Crippen LogP contribution in [0.3, 0.4) is 0 Å². The van der Waals surface area contributed by atoms with Gasteiger partial charge in [-0.1, -0.05) is 11.6 Å². The SMILES string of the molecule is NC(N)=NC(=O)C[C@@H]1c2cc(Cl)ccc2C(=O)N1CC1CC1. The lowest BCUT2D eigenvalue weighted by Gasteiger charge is -2.24. The van der Waals surface area contributed by atoms with E-state index in [1.807, 2.05) is 0 Å². The van der Waals surface area contributed by atoms with E-state index in [0.717, 1.165) is 18.4 Å². The predicted octanol–water partition coefficient (Wildman–Crippen LogP) is 1.44. The largest absolute Gasteiger partial charge is 0.370 e. The molecule has 0 spiro atoms. The van der Waals surface area contributed by atoms with Crippen LogP contribution in [0.5, 0.6) is 0 Å². The number of hydrogen-bond acceptors (Lipinski definition) is 2. The molecule has 0 aromatic heterocycles. The van der Waals surface area contributed by atoms with Gasteiger partial charge in [-0.15, -0.1) is 0 Å². The molecule has 1 heterocycles. The summed E-state index contributed by atoms with van der Waals surface area (Å²) in [6.45, 7) is 0.658. The van der Waals surface area contributed by atoms with Crippen LogP contribution >= 0.6 is 11.6 Å². The summed E-state index contributed by atoms with van der Waals surface area (Å²) in [5.74, 6) is -0.240. The highest BCUT2D eigenvalue weighted by atomic mass is 35.5. The Morgan fingerprint density at radius 2 is 2.09 bits per heavy atom. The number of benzene rings is 1. The quantitative estimate of drug-likeness (QED) is 0.647. The van der Waals surface area contributed by atoms with Gasteiger partial charge in [0, 0.05) is 17.1 Å². The number of aliphatic imine (C=N–C) groups is 1. The fourth-order valence-electron chi connectivity index (χ4n) is 2.83. The summed E-state index contributed by atoms with van der Waals surface area (Å²) in [7, 11) is 0. The van der Waals surface area contributed by atoms with Gasteiger partial charge < -0.3 is 16.4 Å². The lowest BCUT2D eigenvalue weighted by molar-refractivity contribution is -0.118. The first-order valence-electron chi connectivity index (χ1n) is 7.18. The normalized spacial score (nSPS) is 20.0. The first-order chi connectivity index (χ1) is 10.5. The van der Waals surface area contributed by atoms with E-state index in [2.05, 4.69) is 4.99 Å². The topological polar surface area (TPSA) is 102 Å². The summed E-state index contributed by atoms with van der Waals surface area (Å²) in [6, 6.07) is 4.80. The Labute approximate surface area is 133 Å². The summed E-state index contributed by atoms with van der Waals surface area (Å²) in [5.41, 5.74) is 11.9. The Morgan fingerprint density at radius 1 is 1.36 bits per heavy atom. The summed E-state index contributed by atoms with van der Waals surface area (Å²) >= 11 is 6.04. The molecule has 0 unspecified atom stereocenters. The lowest BCUT2D eigenvalue weighted by Crippen LogP contribution is -2.32. The van der Waals surface area contributed by atoms with Gasteiger partial charge >= 0.3 is 0 Å². The number of hydrogen-bond donors (Lipinski definition) is 2. The smallest absolute Gasteiger partial charge is 0.254 e. The second kappa shape index (κ2) is 5.61.